The predicted molar refractivity (Wildman–Crippen MR) is 93.8 cm³/mol. The second-order valence-electron chi connectivity index (χ2n) is 5.54. The van der Waals surface area contributed by atoms with Crippen LogP contribution < -0.4 is 14.8 Å². The standard InChI is InChI=1S/C19H16N2O4/c1-23-19(22)15-11-20-18(14-5-3-2-4-13(14)15)21-12-6-7-16-17(10-12)25-9-8-24-16/h2-7,10-11H,8-9H2,1H3,(H,20,21). The largest absolute Gasteiger partial charge is 0.486 e. The molecule has 0 saturated carbocycles. The van der Waals surface area contributed by atoms with Gasteiger partial charge in [0.2, 0.25) is 0 Å². The van der Waals surface area contributed by atoms with Gasteiger partial charge in [-0.3, -0.25) is 0 Å². The van der Waals surface area contributed by atoms with E-state index in [4.69, 9.17) is 14.2 Å². The highest BCUT2D eigenvalue weighted by atomic mass is 16.6. The Labute approximate surface area is 144 Å². The summed E-state index contributed by atoms with van der Waals surface area (Å²) in [4.78, 5) is 16.3. The molecule has 0 radical (unpaired) electrons. The number of benzene rings is 2. The Balaban J connectivity index is 1.74. The lowest BCUT2D eigenvalue weighted by Gasteiger charge is -2.19. The number of ether oxygens (including phenoxy) is 3. The molecule has 0 bridgehead atoms. The van der Waals surface area contributed by atoms with Crippen LogP contribution in [-0.2, 0) is 4.74 Å². The van der Waals surface area contributed by atoms with E-state index >= 15 is 0 Å². The normalized spacial score (nSPS) is 12.7. The maximum atomic E-state index is 11.9. The molecule has 2 heterocycles. The zero-order chi connectivity index (χ0) is 17.2. The molecule has 0 aliphatic carbocycles. The van der Waals surface area contributed by atoms with Crippen molar-refractivity contribution in [2.24, 2.45) is 0 Å². The van der Waals surface area contributed by atoms with Crippen molar-refractivity contribution in [3.05, 3.63) is 54.2 Å². The average molecular weight is 336 g/mol. The zero-order valence-corrected chi connectivity index (χ0v) is 13.6. The van der Waals surface area contributed by atoms with Crippen molar-refractivity contribution in [2.75, 3.05) is 25.6 Å². The van der Waals surface area contributed by atoms with Gasteiger partial charge in [0.1, 0.15) is 19.0 Å². The summed E-state index contributed by atoms with van der Waals surface area (Å²) in [6.07, 6.45) is 1.52. The van der Waals surface area contributed by atoms with Gasteiger partial charge in [0.25, 0.3) is 0 Å². The number of rotatable bonds is 3. The van der Waals surface area contributed by atoms with Crippen LogP contribution in [0.2, 0.25) is 0 Å². The Kier molecular flexibility index (Phi) is 3.85. The molecule has 0 saturated heterocycles. The van der Waals surface area contributed by atoms with Gasteiger partial charge >= 0.3 is 5.97 Å². The van der Waals surface area contributed by atoms with Crippen LogP contribution in [-0.4, -0.2) is 31.3 Å². The highest BCUT2D eigenvalue weighted by molar-refractivity contribution is 6.07. The molecule has 4 rings (SSSR count). The minimum atomic E-state index is -0.408. The van der Waals surface area contributed by atoms with E-state index in [1.54, 1.807) is 0 Å². The molecule has 0 atom stereocenters. The molecule has 0 spiro atoms. The molecule has 1 N–H and O–H groups in total. The highest BCUT2D eigenvalue weighted by Crippen LogP contribution is 2.34. The fraction of sp³-hybridized carbons (Fsp3) is 0.158. The quantitative estimate of drug-likeness (QED) is 0.738. The number of methoxy groups -OCH3 is 1. The number of anilines is 2. The van der Waals surface area contributed by atoms with Crippen LogP contribution >= 0.6 is 0 Å². The summed E-state index contributed by atoms with van der Waals surface area (Å²) in [6, 6.07) is 13.2. The van der Waals surface area contributed by atoms with Crippen LogP contribution in [0.5, 0.6) is 11.5 Å². The van der Waals surface area contributed by atoms with Gasteiger partial charge in [0.15, 0.2) is 11.5 Å². The van der Waals surface area contributed by atoms with Gasteiger partial charge in [-0.05, 0) is 12.1 Å². The third-order valence-corrected chi connectivity index (χ3v) is 4.01. The molecule has 2 aromatic carbocycles. The van der Waals surface area contributed by atoms with E-state index in [0.717, 1.165) is 22.2 Å². The molecule has 1 aliphatic rings. The van der Waals surface area contributed by atoms with Gasteiger partial charge in [-0.2, -0.15) is 0 Å². The Hall–Kier alpha value is -3.28. The summed E-state index contributed by atoms with van der Waals surface area (Å²) >= 11 is 0. The van der Waals surface area contributed by atoms with Gasteiger partial charge in [0, 0.05) is 28.7 Å². The minimum Gasteiger partial charge on any atom is -0.486 e. The third kappa shape index (κ3) is 2.82. The molecule has 0 amide bonds. The lowest BCUT2D eigenvalue weighted by Crippen LogP contribution is -2.15. The van der Waals surface area contributed by atoms with Gasteiger partial charge in [-0.15, -0.1) is 0 Å². The lowest BCUT2D eigenvalue weighted by molar-refractivity contribution is 0.0602. The molecule has 25 heavy (non-hydrogen) atoms. The molecule has 6 nitrogen and oxygen atoms in total. The molecular weight excluding hydrogens is 320 g/mol. The number of fused-ring (bicyclic) bond motifs is 2. The van der Waals surface area contributed by atoms with Crippen molar-refractivity contribution < 1.29 is 19.0 Å². The van der Waals surface area contributed by atoms with Crippen molar-refractivity contribution in [3.63, 3.8) is 0 Å². The Morgan fingerprint density at radius 1 is 1.08 bits per heavy atom. The zero-order valence-electron chi connectivity index (χ0n) is 13.6. The van der Waals surface area contributed by atoms with E-state index < -0.39 is 5.97 Å². The summed E-state index contributed by atoms with van der Waals surface area (Å²) in [5.74, 6) is 1.68. The van der Waals surface area contributed by atoms with E-state index in [2.05, 4.69) is 10.3 Å². The van der Waals surface area contributed by atoms with Crippen molar-refractivity contribution in [1.82, 2.24) is 4.98 Å². The number of carbonyl (C=O) groups excluding carboxylic acids is 1. The molecule has 1 aromatic heterocycles. The Bertz CT molecular complexity index is 955. The van der Waals surface area contributed by atoms with Crippen molar-refractivity contribution in [2.45, 2.75) is 0 Å². The summed E-state index contributed by atoms with van der Waals surface area (Å²) in [7, 11) is 1.36. The molecule has 0 fully saturated rings. The predicted octanol–water partition coefficient (Wildman–Crippen LogP) is 3.54. The van der Waals surface area contributed by atoms with Crippen LogP contribution in [0, 0.1) is 0 Å². The Morgan fingerprint density at radius 2 is 1.84 bits per heavy atom. The number of pyridine rings is 1. The third-order valence-electron chi connectivity index (χ3n) is 4.01. The van der Waals surface area contributed by atoms with E-state index in [1.165, 1.54) is 13.3 Å². The topological polar surface area (TPSA) is 69.7 Å². The van der Waals surface area contributed by atoms with Crippen molar-refractivity contribution >= 4 is 28.2 Å². The first-order valence-electron chi connectivity index (χ1n) is 7.89. The maximum absolute atomic E-state index is 11.9. The first-order valence-corrected chi connectivity index (χ1v) is 7.89. The van der Waals surface area contributed by atoms with Gasteiger partial charge in [0.05, 0.1) is 12.7 Å². The van der Waals surface area contributed by atoms with E-state index in [9.17, 15) is 4.79 Å². The summed E-state index contributed by atoms with van der Waals surface area (Å²) < 4.78 is 16.0. The summed E-state index contributed by atoms with van der Waals surface area (Å²) in [5, 5.41) is 4.90. The van der Waals surface area contributed by atoms with E-state index in [1.807, 2.05) is 42.5 Å². The Morgan fingerprint density at radius 3 is 2.64 bits per heavy atom. The summed E-state index contributed by atoms with van der Waals surface area (Å²) in [5.41, 5.74) is 1.26. The fourth-order valence-corrected chi connectivity index (χ4v) is 2.82. The molecule has 126 valence electrons. The van der Waals surface area contributed by atoms with Crippen LogP contribution in [0.3, 0.4) is 0 Å². The number of hydrogen-bond acceptors (Lipinski definition) is 6. The van der Waals surface area contributed by atoms with Crippen LogP contribution in [0.15, 0.2) is 48.7 Å². The lowest BCUT2D eigenvalue weighted by atomic mass is 10.1. The molecule has 3 aromatic rings. The fourth-order valence-electron chi connectivity index (χ4n) is 2.82. The number of carbonyl (C=O) groups is 1. The second kappa shape index (κ2) is 6.32. The molecular formula is C19H16N2O4. The first kappa shape index (κ1) is 15.3. The van der Waals surface area contributed by atoms with Gasteiger partial charge in [-0.25, -0.2) is 9.78 Å². The van der Waals surface area contributed by atoms with E-state index in [0.29, 0.717) is 30.3 Å². The first-order chi connectivity index (χ1) is 12.3. The van der Waals surface area contributed by atoms with Crippen molar-refractivity contribution in [1.29, 1.82) is 0 Å². The summed E-state index contributed by atoms with van der Waals surface area (Å²) in [6.45, 7) is 1.09. The van der Waals surface area contributed by atoms with Gasteiger partial charge < -0.3 is 19.5 Å². The van der Waals surface area contributed by atoms with Crippen LogP contribution in [0.4, 0.5) is 11.5 Å². The number of nitrogens with zero attached hydrogens (tertiary/aromatic N) is 1. The monoisotopic (exact) mass is 336 g/mol. The van der Waals surface area contributed by atoms with Gasteiger partial charge in [-0.1, -0.05) is 24.3 Å². The van der Waals surface area contributed by atoms with Crippen LogP contribution in [0.1, 0.15) is 10.4 Å². The number of aromatic nitrogens is 1. The molecule has 1 aliphatic heterocycles. The number of nitrogens with one attached hydrogen (secondary N) is 1. The van der Waals surface area contributed by atoms with Crippen molar-refractivity contribution in [3.8, 4) is 11.5 Å². The second-order valence-corrected chi connectivity index (χ2v) is 5.54. The van der Waals surface area contributed by atoms with E-state index in [-0.39, 0.29) is 0 Å². The smallest absolute Gasteiger partial charge is 0.340 e. The average Bonchev–Trinajstić information content (AvgIpc) is 2.67. The highest BCUT2D eigenvalue weighted by Gasteiger charge is 2.15. The van der Waals surface area contributed by atoms with Crippen LogP contribution in [0.25, 0.3) is 10.8 Å². The maximum Gasteiger partial charge on any atom is 0.340 e. The molecule has 6 heteroatoms. The minimum absolute atomic E-state index is 0.408. The number of hydrogen-bond donors (Lipinski definition) is 1. The molecule has 0 unspecified atom stereocenters. The SMILES string of the molecule is COC(=O)c1cnc(Nc2ccc3c(c2)OCCO3)c2ccccc12. The number of esters is 1.